The number of aromatic nitrogens is 3. The van der Waals surface area contributed by atoms with Crippen LogP contribution in [-0.4, -0.2) is 15.0 Å². The van der Waals surface area contributed by atoms with E-state index in [2.05, 4.69) is 212 Å². The van der Waals surface area contributed by atoms with Crippen molar-refractivity contribution in [1.29, 1.82) is 0 Å². The number of hydrogen-bond donors (Lipinski definition) is 0. The van der Waals surface area contributed by atoms with E-state index in [4.69, 9.17) is 15.0 Å². The molecule has 0 radical (unpaired) electrons. The Balaban J connectivity index is 0.952. The van der Waals surface area contributed by atoms with Crippen LogP contribution in [-0.2, 0) is 5.41 Å². The summed E-state index contributed by atoms with van der Waals surface area (Å²) in [7, 11) is 0. The molecule has 1 aliphatic heterocycles. The SMILES string of the molecule is c1ccc(-c2cccc(-c3nc(-c4ccc(-c5ccc6c(c5)Sc5ccccc5C65c6ccccc6-c6ccccc65)cc4)nc(-c4cccc(-c5ccccc5)c4)n3)c2)cc1. The summed E-state index contributed by atoms with van der Waals surface area (Å²) in [6, 6.07) is 80.4. The van der Waals surface area contributed by atoms with Crippen molar-refractivity contribution in [3.8, 4) is 78.7 Å². The van der Waals surface area contributed by atoms with Gasteiger partial charge < -0.3 is 0 Å². The topological polar surface area (TPSA) is 38.7 Å². The molecule has 0 atom stereocenters. The van der Waals surface area contributed by atoms with E-state index in [1.54, 1.807) is 0 Å². The van der Waals surface area contributed by atoms with Gasteiger partial charge >= 0.3 is 0 Å². The first-order valence-corrected chi connectivity index (χ1v) is 21.8. The quantitative estimate of drug-likeness (QED) is 0.168. The molecule has 62 heavy (non-hydrogen) atoms. The third-order valence-corrected chi connectivity index (χ3v) is 13.6. The maximum atomic E-state index is 5.15. The van der Waals surface area contributed by atoms with E-state index < -0.39 is 0 Å². The average Bonchev–Trinajstić information content (AvgIpc) is 3.65. The molecule has 12 rings (SSSR count). The van der Waals surface area contributed by atoms with E-state index >= 15 is 0 Å². The highest BCUT2D eigenvalue weighted by Gasteiger charge is 2.50. The molecule has 0 saturated heterocycles. The first kappa shape index (κ1) is 36.2. The Morgan fingerprint density at radius 1 is 0.258 bits per heavy atom. The van der Waals surface area contributed by atoms with Crippen molar-refractivity contribution in [2.75, 3.05) is 0 Å². The van der Waals surface area contributed by atoms with E-state index in [1.807, 2.05) is 23.9 Å². The van der Waals surface area contributed by atoms with Crippen molar-refractivity contribution in [3.63, 3.8) is 0 Å². The molecule has 0 bridgehead atoms. The summed E-state index contributed by atoms with van der Waals surface area (Å²) in [5.74, 6) is 1.89. The summed E-state index contributed by atoms with van der Waals surface area (Å²) < 4.78 is 0. The van der Waals surface area contributed by atoms with Gasteiger partial charge in [-0.25, -0.2) is 15.0 Å². The Kier molecular flexibility index (Phi) is 8.65. The van der Waals surface area contributed by atoms with Crippen molar-refractivity contribution in [2.24, 2.45) is 0 Å². The lowest BCUT2D eigenvalue weighted by Gasteiger charge is -2.39. The van der Waals surface area contributed by atoms with E-state index in [0.29, 0.717) is 17.5 Å². The number of hydrogen-bond acceptors (Lipinski definition) is 4. The normalized spacial score (nSPS) is 12.9. The summed E-state index contributed by atoms with van der Waals surface area (Å²) in [6.45, 7) is 0. The van der Waals surface area contributed by atoms with Gasteiger partial charge in [0, 0.05) is 26.5 Å². The molecule has 290 valence electrons. The zero-order valence-corrected chi connectivity index (χ0v) is 34.4. The smallest absolute Gasteiger partial charge is 0.164 e. The number of nitrogens with zero attached hydrogens (tertiary/aromatic N) is 3. The molecule has 10 aromatic rings. The second-order valence-electron chi connectivity index (χ2n) is 15.9. The molecule has 0 amide bonds. The first-order chi connectivity index (χ1) is 30.7. The molecule has 9 aromatic carbocycles. The maximum absolute atomic E-state index is 5.15. The van der Waals surface area contributed by atoms with Gasteiger partial charge in [-0.1, -0.05) is 212 Å². The monoisotopic (exact) mass is 807 g/mol. The van der Waals surface area contributed by atoms with Gasteiger partial charge in [0.1, 0.15) is 0 Å². The van der Waals surface area contributed by atoms with Crippen LogP contribution < -0.4 is 0 Å². The zero-order chi connectivity index (χ0) is 41.0. The van der Waals surface area contributed by atoms with Crippen LogP contribution in [0.15, 0.2) is 234 Å². The minimum Gasteiger partial charge on any atom is -0.208 e. The minimum atomic E-state index is -0.387. The molecule has 0 N–H and O–H groups in total. The molecule has 2 aliphatic rings. The summed E-state index contributed by atoms with van der Waals surface area (Å²) in [5.41, 5.74) is 17.2. The van der Waals surface area contributed by atoms with Crippen molar-refractivity contribution < 1.29 is 0 Å². The van der Waals surface area contributed by atoms with E-state index in [0.717, 1.165) is 44.5 Å². The van der Waals surface area contributed by atoms with Gasteiger partial charge in [0.25, 0.3) is 0 Å². The van der Waals surface area contributed by atoms with Crippen LogP contribution in [0.25, 0.3) is 78.7 Å². The van der Waals surface area contributed by atoms with Crippen LogP contribution in [0.3, 0.4) is 0 Å². The van der Waals surface area contributed by atoms with Crippen LogP contribution in [0.5, 0.6) is 0 Å². The maximum Gasteiger partial charge on any atom is 0.164 e. The zero-order valence-electron chi connectivity index (χ0n) is 33.6. The summed E-state index contributed by atoms with van der Waals surface area (Å²) in [6.07, 6.45) is 0. The lowest BCUT2D eigenvalue weighted by molar-refractivity contribution is 0.722. The number of benzene rings is 9. The van der Waals surface area contributed by atoms with Gasteiger partial charge in [0.15, 0.2) is 17.5 Å². The molecule has 0 saturated carbocycles. The van der Waals surface area contributed by atoms with Crippen LogP contribution >= 0.6 is 11.8 Å². The number of rotatable bonds is 6. The van der Waals surface area contributed by atoms with Gasteiger partial charge in [0.05, 0.1) is 5.41 Å². The highest BCUT2D eigenvalue weighted by Crippen LogP contribution is 2.62. The van der Waals surface area contributed by atoms with E-state index in [9.17, 15) is 0 Å². The lowest BCUT2D eigenvalue weighted by atomic mass is 9.67. The number of fused-ring (bicyclic) bond motifs is 9. The summed E-state index contributed by atoms with van der Waals surface area (Å²) in [5, 5.41) is 0. The largest absolute Gasteiger partial charge is 0.208 e. The second-order valence-corrected chi connectivity index (χ2v) is 17.0. The third kappa shape index (κ3) is 5.94. The van der Waals surface area contributed by atoms with Crippen molar-refractivity contribution in [3.05, 3.63) is 247 Å². The molecule has 4 heteroatoms. The highest BCUT2D eigenvalue weighted by molar-refractivity contribution is 7.99. The summed E-state index contributed by atoms with van der Waals surface area (Å²) >= 11 is 1.87. The van der Waals surface area contributed by atoms with Crippen molar-refractivity contribution >= 4 is 11.8 Å². The molecule has 2 heterocycles. The molecule has 0 fully saturated rings. The van der Waals surface area contributed by atoms with Gasteiger partial charge in [-0.3, -0.25) is 0 Å². The fourth-order valence-corrected chi connectivity index (χ4v) is 10.8. The highest BCUT2D eigenvalue weighted by atomic mass is 32.2. The van der Waals surface area contributed by atoms with Gasteiger partial charge in [-0.15, -0.1) is 0 Å². The van der Waals surface area contributed by atoms with Gasteiger partial charge in [0.2, 0.25) is 0 Å². The fourth-order valence-electron chi connectivity index (χ4n) is 9.55. The van der Waals surface area contributed by atoms with Crippen molar-refractivity contribution in [2.45, 2.75) is 15.2 Å². The molecular weight excluding hydrogens is 771 g/mol. The minimum absolute atomic E-state index is 0.387. The van der Waals surface area contributed by atoms with E-state index in [-0.39, 0.29) is 5.41 Å². The Bertz CT molecular complexity index is 3180. The summed E-state index contributed by atoms with van der Waals surface area (Å²) in [4.78, 5) is 18.0. The molecule has 3 nitrogen and oxygen atoms in total. The Labute approximate surface area is 365 Å². The predicted molar refractivity (Wildman–Crippen MR) is 254 cm³/mol. The van der Waals surface area contributed by atoms with Crippen LogP contribution in [0.4, 0.5) is 0 Å². The van der Waals surface area contributed by atoms with Crippen LogP contribution in [0.2, 0.25) is 0 Å². The molecular formula is C58H37N3S. The molecule has 0 unspecified atom stereocenters. The van der Waals surface area contributed by atoms with Gasteiger partial charge in [-0.05, 0) is 91.0 Å². The molecule has 1 aliphatic carbocycles. The Hall–Kier alpha value is -7.66. The first-order valence-electron chi connectivity index (χ1n) is 21.0. The molecule has 1 aromatic heterocycles. The molecule has 1 spiro atoms. The fraction of sp³-hybridized carbons (Fsp3) is 0.0172. The third-order valence-electron chi connectivity index (χ3n) is 12.4. The Morgan fingerprint density at radius 2 is 0.645 bits per heavy atom. The Morgan fingerprint density at radius 3 is 1.23 bits per heavy atom. The van der Waals surface area contributed by atoms with Crippen LogP contribution in [0, 0.1) is 0 Å². The van der Waals surface area contributed by atoms with E-state index in [1.165, 1.54) is 48.7 Å². The predicted octanol–water partition coefficient (Wildman–Crippen LogP) is 14.7. The average molecular weight is 808 g/mol. The standard InChI is InChI=1S/C58H37N3S/c1-3-15-38(16-4-1)42-19-13-21-45(35-42)56-59-55(60-57(61-56)46-22-14-20-43(36-46)39-17-5-2-6-18-39)41-31-29-40(30-32-41)44-33-34-52-54(37-44)62-53-28-12-11-27-51(53)58(52)49-25-9-7-23-47(49)48-24-8-10-26-50(48)58/h1-37H. The van der Waals surface area contributed by atoms with Crippen LogP contribution in [0.1, 0.15) is 22.3 Å². The van der Waals surface area contributed by atoms with Crippen molar-refractivity contribution in [1.82, 2.24) is 15.0 Å². The lowest BCUT2D eigenvalue weighted by Crippen LogP contribution is -2.31. The van der Waals surface area contributed by atoms with Gasteiger partial charge in [-0.2, -0.15) is 0 Å². The second kappa shape index (κ2) is 14.8.